The molecule has 4 rings (SSSR count). The van der Waals surface area contributed by atoms with Crippen LogP contribution in [0.3, 0.4) is 0 Å². The maximum Gasteiger partial charge on any atom is 0.348 e. The minimum Gasteiger partial charge on any atom is -0.483 e. The molecule has 2 aromatic heterocycles. The Kier molecular flexibility index (Phi) is 8.46. The van der Waals surface area contributed by atoms with Gasteiger partial charge in [-0.05, 0) is 56.5 Å². The lowest BCUT2D eigenvalue weighted by molar-refractivity contribution is -0.118. The summed E-state index contributed by atoms with van der Waals surface area (Å²) >= 11 is 0.932. The molecule has 0 atom stereocenters. The molecule has 0 radical (unpaired) electrons. The number of thiophene rings is 1. The summed E-state index contributed by atoms with van der Waals surface area (Å²) in [6.07, 6.45) is 0. The molecule has 9 nitrogen and oxygen atoms in total. The van der Waals surface area contributed by atoms with Gasteiger partial charge >= 0.3 is 17.6 Å². The second-order valence-electron chi connectivity index (χ2n) is 8.45. The normalized spacial score (nSPS) is 10.8. The quantitative estimate of drug-likeness (QED) is 0.214. The van der Waals surface area contributed by atoms with E-state index in [-0.39, 0.29) is 28.7 Å². The van der Waals surface area contributed by atoms with Gasteiger partial charge in [0.2, 0.25) is 0 Å². The van der Waals surface area contributed by atoms with Crippen molar-refractivity contribution in [2.45, 2.75) is 27.7 Å². The highest BCUT2D eigenvalue weighted by atomic mass is 32.1. The molecule has 0 spiro atoms. The molecule has 0 aliphatic heterocycles. The van der Waals surface area contributed by atoms with Crippen LogP contribution in [0.25, 0.3) is 22.1 Å². The van der Waals surface area contributed by atoms with Crippen LogP contribution in [0.2, 0.25) is 0 Å². The fraction of sp³-hybridized carbons (Fsp3) is 0.241. The average Bonchev–Trinajstić information content (AvgIpc) is 3.24. The van der Waals surface area contributed by atoms with E-state index in [1.54, 1.807) is 39.8 Å². The Bertz CT molecular complexity index is 1600. The number of amides is 1. The number of esters is 2. The summed E-state index contributed by atoms with van der Waals surface area (Å²) in [7, 11) is 0. The molecule has 0 bridgehead atoms. The highest BCUT2D eigenvalue weighted by Crippen LogP contribution is 2.35. The summed E-state index contributed by atoms with van der Waals surface area (Å²) in [4.78, 5) is 50.3. The Balaban J connectivity index is 1.58. The molecular weight excluding hydrogens is 522 g/mol. The lowest BCUT2D eigenvalue weighted by Crippen LogP contribution is -2.21. The van der Waals surface area contributed by atoms with Crippen molar-refractivity contribution in [2.75, 3.05) is 25.1 Å². The molecule has 1 N–H and O–H groups in total. The number of carbonyl (C=O) groups is 3. The molecule has 39 heavy (non-hydrogen) atoms. The predicted octanol–water partition coefficient (Wildman–Crippen LogP) is 5.51. The zero-order chi connectivity index (χ0) is 28.1. The molecule has 0 unspecified atom stereocenters. The summed E-state index contributed by atoms with van der Waals surface area (Å²) in [6, 6.07) is 14.4. The van der Waals surface area contributed by atoms with Gasteiger partial charge in [0.05, 0.1) is 18.8 Å². The van der Waals surface area contributed by atoms with E-state index in [1.807, 2.05) is 30.3 Å². The largest absolute Gasteiger partial charge is 0.483 e. The van der Waals surface area contributed by atoms with Crippen molar-refractivity contribution in [2.24, 2.45) is 0 Å². The van der Waals surface area contributed by atoms with E-state index < -0.39 is 30.1 Å². The standard InChI is InChI=1S/C29H27NO8S/c1-5-35-28(33)24-17(4)26(29(34)36-6-2)39-27(24)30-22(31)15-37-21-13-12-19-20(18-10-8-7-9-11-18)14-23(32)38-25(19)16(21)3/h7-14H,5-6,15H2,1-4H3,(H,30,31). The Labute approximate surface area is 228 Å². The zero-order valence-corrected chi connectivity index (χ0v) is 22.7. The Morgan fingerprint density at radius 1 is 0.923 bits per heavy atom. The van der Waals surface area contributed by atoms with Crippen molar-refractivity contribution >= 4 is 45.2 Å². The third-order valence-electron chi connectivity index (χ3n) is 5.89. The number of benzene rings is 2. The van der Waals surface area contributed by atoms with Crippen LogP contribution in [0.5, 0.6) is 5.75 Å². The van der Waals surface area contributed by atoms with E-state index in [1.165, 1.54) is 6.07 Å². The summed E-state index contributed by atoms with van der Waals surface area (Å²) in [5, 5.41) is 3.54. The smallest absolute Gasteiger partial charge is 0.348 e. The van der Waals surface area contributed by atoms with Crippen molar-refractivity contribution in [1.82, 2.24) is 0 Å². The highest BCUT2D eigenvalue weighted by molar-refractivity contribution is 7.18. The van der Waals surface area contributed by atoms with Gasteiger partial charge in [0.1, 0.15) is 21.2 Å². The minimum absolute atomic E-state index is 0.0929. The third kappa shape index (κ3) is 5.85. The van der Waals surface area contributed by atoms with E-state index in [0.29, 0.717) is 22.5 Å². The Morgan fingerprint density at radius 2 is 1.62 bits per heavy atom. The van der Waals surface area contributed by atoms with Crippen LogP contribution in [0.15, 0.2) is 57.7 Å². The number of rotatable bonds is 9. The predicted molar refractivity (Wildman–Crippen MR) is 148 cm³/mol. The molecule has 0 saturated carbocycles. The molecular formula is C29H27NO8S. The molecule has 202 valence electrons. The van der Waals surface area contributed by atoms with Crippen LogP contribution in [-0.4, -0.2) is 37.7 Å². The first-order chi connectivity index (χ1) is 18.7. The number of ether oxygens (including phenoxy) is 3. The van der Waals surface area contributed by atoms with Crippen LogP contribution < -0.4 is 15.7 Å². The lowest BCUT2D eigenvalue weighted by atomic mass is 10.0. The van der Waals surface area contributed by atoms with Gasteiger partial charge in [-0.1, -0.05) is 30.3 Å². The fourth-order valence-electron chi connectivity index (χ4n) is 4.10. The van der Waals surface area contributed by atoms with Crippen LogP contribution in [0, 0.1) is 13.8 Å². The van der Waals surface area contributed by atoms with Gasteiger partial charge in [-0.15, -0.1) is 11.3 Å². The van der Waals surface area contributed by atoms with Gasteiger partial charge in [-0.25, -0.2) is 14.4 Å². The topological polar surface area (TPSA) is 121 Å². The number of nitrogens with one attached hydrogen (secondary N) is 1. The second-order valence-corrected chi connectivity index (χ2v) is 9.47. The second kappa shape index (κ2) is 12.0. The van der Waals surface area contributed by atoms with E-state index in [0.717, 1.165) is 27.8 Å². The summed E-state index contributed by atoms with van der Waals surface area (Å²) in [5.74, 6) is -1.46. The molecule has 1 amide bonds. The zero-order valence-electron chi connectivity index (χ0n) is 21.9. The van der Waals surface area contributed by atoms with Crippen LogP contribution in [-0.2, 0) is 14.3 Å². The highest BCUT2D eigenvalue weighted by Gasteiger charge is 2.27. The van der Waals surface area contributed by atoms with Gasteiger partial charge in [-0.2, -0.15) is 0 Å². The van der Waals surface area contributed by atoms with Crippen molar-refractivity contribution in [1.29, 1.82) is 0 Å². The Hall–Kier alpha value is -4.44. The first-order valence-corrected chi connectivity index (χ1v) is 13.1. The fourth-order valence-corrected chi connectivity index (χ4v) is 5.21. The van der Waals surface area contributed by atoms with Gasteiger partial charge in [0, 0.05) is 17.0 Å². The molecule has 2 heterocycles. The molecule has 10 heteroatoms. The molecule has 0 aliphatic carbocycles. The van der Waals surface area contributed by atoms with Gasteiger partial charge in [0.25, 0.3) is 5.91 Å². The SMILES string of the molecule is CCOC(=O)c1sc(NC(=O)COc2ccc3c(-c4ccccc4)cc(=O)oc3c2C)c(C(=O)OCC)c1C. The number of hydrogen-bond donors (Lipinski definition) is 1. The number of hydrogen-bond acceptors (Lipinski definition) is 9. The van der Waals surface area contributed by atoms with Crippen molar-refractivity contribution < 1.29 is 33.0 Å². The first kappa shape index (κ1) is 27.6. The monoisotopic (exact) mass is 549 g/mol. The number of aryl methyl sites for hydroxylation is 1. The molecule has 4 aromatic rings. The molecule has 0 fully saturated rings. The minimum atomic E-state index is -0.660. The van der Waals surface area contributed by atoms with Crippen LogP contribution in [0.4, 0.5) is 5.00 Å². The van der Waals surface area contributed by atoms with Crippen molar-refractivity contribution in [3.63, 3.8) is 0 Å². The summed E-state index contributed by atoms with van der Waals surface area (Å²) in [5.41, 5.74) is 2.46. The van der Waals surface area contributed by atoms with Crippen LogP contribution in [0.1, 0.15) is 45.0 Å². The maximum absolute atomic E-state index is 12.8. The maximum atomic E-state index is 12.8. The number of fused-ring (bicyclic) bond motifs is 1. The van der Waals surface area contributed by atoms with E-state index in [2.05, 4.69) is 5.32 Å². The molecule has 2 aromatic carbocycles. The lowest BCUT2D eigenvalue weighted by Gasteiger charge is -2.13. The van der Waals surface area contributed by atoms with Crippen molar-refractivity contribution in [3.8, 4) is 16.9 Å². The van der Waals surface area contributed by atoms with E-state index in [9.17, 15) is 19.2 Å². The van der Waals surface area contributed by atoms with Gasteiger partial charge in [0.15, 0.2) is 6.61 Å². The Morgan fingerprint density at radius 3 is 2.31 bits per heavy atom. The molecule has 0 aliphatic rings. The van der Waals surface area contributed by atoms with Crippen molar-refractivity contribution in [3.05, 3.63) is 80.5 Å². The van der Waals surface area contributed by atoms with Gasteiger partial charge in [-0.3, -0.25) is 4.79 Å². The number of carbonyl (C=O) groups excluding carboxylic acids is 3. The summed E-state index contributed by atoms with van der Waals surface area (Å²) < 4.78 is 21.4. The molecule has 0 saturated heterocycles. The van der Waals surface area contributed by atoms with E-state index >= 15 is 0 Å². The van der Waals surface area contributed by atoms with Gasteiger partial charge < -0.3 is 23.9 Å². The first-order valence-electron chi connectivity index (χ1n) is 12.3. The average molecular weight is 550 g/mol. The van der Waals surface area contributed by atoms with E-state index in [4.69, 9.17) is 18.6 Å². The summed E-state index contributed by atoms with van der Waals surface area (Å²) in [6.45, 7) is 6.56. The third-order valence-corrected chi connectivity index (χ3v) is 7.08. The van der Waals surface area contributed by atoms with Crippen LogP contribution >= 0.6 is 11.3 Å². The number of anilines is 1.